The van der Waals surface area contributed by atoms with Crippen LogP contribution in [0.3, 0.4) is 0 Å². The Morgan fingerprint density at radius 1 is 1.08 bits per heavy atom. The molecule has 0 spiro atoms. The van der Waals surface area contributed by atoms with Crippen molar-refractivity contribution in [2.45, 2.75) is 32.9 Å². The van der Waals surface area contributed by atoms with Gasteiger partial charge in [-0.05, 0) is 43.2 Å². The van der Waals surface area contributed by atoms with Crippen LogP contribution >= 0.6 is 0 Å². The van der Waals surface area contributed by atoms with E-state index in [1.807, 2.05) is 13.8 Å². The molecule has 2 amide bonds. The van der Waals surface area contributed by atoms with E-state index in [9.17, 15) is 18.4 Å². The fourth-order valence-corrected chi connectivity index (χ4v) is 2.18. The fourth-order valence-electron chi connectivity index (χ4n) is 2.18. The summed E-state index contributed by atoms with van der Waals surface area (Å²) in [4.78, 5) is 24.1. The lowest BCUT2D eigenvalue weighted by Crippen LogP contribution is -2.32. The van der Waals surface area contributed by atoms with E-state index in [2.05, 4.69) is 10.6 Å². The van der Waals surface area contributed by atoms with Crippen LogP contribution in [0.2, 0.25) is 0 Å². The van der Waals surface area contributed by atoms with Gasteiger partial charge in [0, 0.05) is 24.2 Å². The largest absolute Gasteiger partial charge is 0.350 e. The van der Waals surface area contributed by atoms with Crippen molar-refractivity contribution in [1.29, 1.82) is 0 Å². The van der Waals surface area contributed by atoms with E-state index in [1.54, 1.807) is 24.3 Å². The summed E-state index contributed by atoms with van der Waals surface area (Å²) in [6.07, 6.45) is 0.824. The normalized spacial score (nSPS) is 11.7. The molecule has 25 heavy (non-hydrogen) atoms. The number of carbonyl (C=O) groups excluding carboxylic acids is 2. The average Bonchev–Trinajstić information content (AvgIpc) is 2.59. The summed E-state index contributed by atoms with van der Waals surface area (Å²) < 4.78 is 26.5. The van der Waals surface area contributed by atoms with Crippen LogP contribution in [0, 0.1) is 11.6 Å². The molecule has 2 N–H and O–H groups in total. The predicted octanol–water partition coefficient (Wildman–Crippen LogP) is 3.42. The molecule has 4 nitrogen and oxygen atoms in total. The molecular formula is C19H20F2N2O2. The molecule has 2 rings (SSSR count). The molecule has 6 heteroatoms. The Balaban J connectivity index is 2.02. The maximum atomic E-state index is 13.6. The highest BCUT2D eigenvalue weighted by atomic mass is 19.1. The van der Waals surface area contributed by atoms with Crippen molar-refractivity contribution in [2.75, 3.05) is 0 Å². The SMILES string of the molecule is CCC(C)NC(=O)c1cccc(CNC(=O)c2ccc(F)cc2F)c1. The van der Waals surface area contributed by atoms with Gasteiger partial charge in [0.1, 0.15) is 11.6 Å². The molecule has 2 aromatic carbocycles. The number of carbonyl (C=O) groups is 2. The van der Waals surface area contributed by atoms with Crippen LogP contribution in [-0.4, -0.2) is 17.9 Å². The summed E-state index contributed by atoms with van der Waals surface area (Å²) in [6.45, 7) is 4.02. The number of benzene rings is 2. The first kappa shape index (κ1) is 18.6. The molecule has 0 saturated carbocycles. The zero-order valence-electron chi connectivity index (χ0n) is 14.1. The van der Waals surface area contributed by atoms with Gasteiger partial charge in [-0.1, -0.05) is 19.1 Å². The standard InChI is InChI=1S/C19H20F2N2O2/c1-3-12(2)23-18(24)14-6-4-5-13(9-14)11-22-19(25)16-8-7-15(20)10-17(16)21/h4-10,12H,3,11H2,1-2H3,(H,22,25)(H,23,24). The van der Waals surface area contributed by atoms with Crippen molar-refractivity contribution >= 4 is 11.8 Å². The second-order valence-corrected chi connectivity index (χ2v) is 5.79. The van der Waals surface area contributed by atoms with Gasteiger partial charge in [-0.25, -0.2) is 8.78 Å². The molecule has 0 bridgehead atoms. The Bertz CT molecular complexity index is 778. The second-order valence-electron chi connectivity index (χ2n) is 5.79. The predicted molar refractivity (Wildman–Crippen MR) is 91.2 cm³/mol. The average molecular weight is 346 g/mol. The van der Waals surface area contributed by atoms with Crippen LogP contribution in [0.4, 0.5) is 8.78 Å². The van der Waals surface area contributed by atoms with Crippen molar-refractivity contribution in [3.05, 3.63) is 70.8 Å². The van der Waals surface area contributed by atoms with Gasteiger partial charge in [0.05, 0.1) is 5.56 Å². The summed E-state index contributed by atoms with van der Waals surface area (Å²) in [6, 6.07) is 9.66. The van der Waals surface area contributed by atoms with E-state index in [-0.39, 0.29) is 24.1 Å². The van der Waals surface area contributed by atoms with E-state index in [0.717, 1.165) is 18.6 Å². The highest BCUT2D eigenvalue weighted by Gasteiger charge is 2.13. The molecule has 1 unspecified atom stereocenters. The summed E-state index contributed by atoms with van der Waals surface area (Å²) >= 11 is 0. The third-order valence-corrected chi connectivity index (χ3v) is 3.81. The number of rotatable bonds is 6. The topological polar surface area (TPSA) is 58.2 Å². The molecular weight excluding hydrogens is 326 g/mol. The van der Waals surface area contributed by atoms with Crippen molar-refractivity contribution in [2.24, 2.45) is 0 Å². The molecule has 0 saturated heterocycles. The van der Waals surface area contributed by atoms with Crippen LogP contribution in [0.5, 0.6) is 0 Å². The molecule has 0 aliphatic heterocycles. The first-order chi connectivity index (χ1) is 11.9. The number of hydrogen-bond acceptors (Lipinski definition) is 2. The van der Waals surface area contributed by atoms with Gasteiger partial charge in [-0.2, -0.15) is 0 Å². The molecule has 0 aliphatic carbocycles. The molecule has 132 valence electrons. The number of nitrogens with one attached hydrogen (secondary N) is 2. The van der Waals surface area contributed by atoms with Crippen LogP contribution in [0.1, 0.15) is 46.5 Å². The van der Waals surface area contributed by atoms with Crippen LogP contribution in [0.15, 0.2) is 42.5 Å². The highest BCUT2D eigenvalue weighted by molar-refractivity contribution is 5.95. The number of hydrogen-bond donors (Lipinski definition) is 2. The van der Waals surface area contributed by atoms with E-state index in [0.29, 0.717) is 17.2 Å². The molecule has 0 radical (unpaired) electrons. The summed E-state index contributed by atoms with van der Waals surface area (Å²) in [7, 11) is 0. The van der Waals surface area contributed by atoms with Gasteiger partial charge < -0.3 is 10.6 Å². The van der Waals surface area contributed by atoms with Gasteiger partial charge in [0.25, 0.3) is 11.8 Å². The van der Waals surface area contributed by atoms with Gasteiger partial charge in [-0.15, -0.1) is 0 Å². The van der Waals surface area contributed by atoms with Crippen molar-refractivity contribution in [1.82, 2.24) is 10.6 Å². The smallest absolute Gasteiger partial charge is 0.254 e. The zero-order valence-corrected chi connectivity index (χ0v) is 14.1. The zero-order chi connectivity index (χ0) is 18.4. The minimum absolute atomic E-state index is 0.0670. The molecule has 0 heterocycles. The molecule has 0 fully saturated rings. The maximum Gasteiger partial charge on any atom is 0.254 e. The summed E-state index contributed by atoms with van der Waals surface area (Å²) in [5.74, 6) is -2.49. The van der Waals surface area contributed by atoms with Crippen molar-refractivity contribution < 1.29 is 18.4 Å². The quantitative estimate of drug-likeness (QED) is 0.842. The Hall–Kier alpha value is -2.76. The first-order valence-corrected chi connectivity index (χ1v) is 8.03. The minimum Gasteiger partial charge on any atom is -0.350 e. The lowest BCUT2D eigenvalue weighted by molar-refractivity contribution is 0.0935. The Morgan fingerprint density at radius 3 is 2.52 bits per heavy atom. The van der Waals surface area contributed by atoms with E-state index in [4.69, 9.17) is 0 Å². The van der Waals surface area contributed by atoms with Crippen LogP contribution in [0.25, 0.3) is 0 Å². The van der Waals surface area contributed by atoms with Crippen molar-refractivity contribution in [3.63, 3.8) is 0 Å². The molecule has 0 aromatic heterocycles. The van der Waals surface area contributed by atoms with Gasteiger partial charge >= 0.3 is 0 Å². The monoisotopic (exact) mass is 346 g/mol. The Labute approximate surface area is 145 Å². The fraction of sp³-hybridized carbons (Fsp3) is 0.263. The highest BCUT2D eigenvalue weighted by Crippen LogP contribution is 2.10. The van der Waals surface area contributed by atoms with Crippen molar-refractivity contribution in [3.8, 4) is 0 Å². The molecule has 0 aliphatic rings. The van der Waals surface area contributed by atoms with Gasteiger partial charge in [0.15, 0.2) is 0 Å². The van der Waals surface area contributed by atoms with E-state index in [1.165, 1.54) is 0 Å². The Morgan fingerprint density at radius 2 is 1.84 bits per heavy atom. The van der Waals surface area contributed by atoms with E-state index >= 15 is 0 Å². The van der Waals surface area contributed by atoms with Crippen LogP contribution in [-0.2, 0) is 6.54 Å². The minimum atomic E-state index is -0.917. The lowest BCUT2D eigenvalue weighted by atomic mass is 10.1. The number of amides is 2. The third kappa shape index (κ3) is 5.11. The first-order valence-electron chi connectivity index (χ1n) is 8.03. The third-order valence-electron chi connectivity index (χ3n) is 3.81. The van der Waals surface area contributed by atoms with Gasteiger partial charge in [-0.3, -0.25) is 9.59 Å². The van der Waals surface area contributed by atoms with E-state index < -0.39 is 17.5 Å². The summed E-state index contributed by atoms with van der Waals surface area (Å²) in [5, 5.41) is 5.43. The molecule has 2 aromatic rings. The molecule has 1 atom stereocenters. The lowest BCUT2D eigenvalue weighted by Gasteiger charge is -2.12. The maximum absolute atomic E-state index is 13.6. The van der Waals surface area contributed by atoms with Gasteiger partial charge in [0.2, 0.25) is 0 Å². The second kappa shape index (κ2) is 8.37. The number of halogens is 2. The Kier molecular flexibility index (Phi) is 6.22. The van der Waals surface area contributed by atoms with Crippen LogP contribution < -0.4 is 10.6 Å². The summed E-state index contributed by atoms with van der Waals surface area (Å²) in [5.41, 5.74) is 0.958.